The number of benzene rings is 1. The molecule has 0 radical (unpaired) electrons. The van der Waals surface area contributed by atoms with Crippen LogP contribution in [0.2, 0.25) is 0 Å². The van der Waals surface area contributed by atoms with Gasteiger partial charge in [-0.05, 0) is 18.2 Å². The van der Waals surface area contributed by atoms with Crippen LogP contribution in [0.15, 0.2) is 28.8 Å². The van der Waals surface area contributed by atoms with E-state index in [1.54, 1.807) is 24.3 Å². The predicted octanol–water partition coefficient (Wildman–Crippen LogP) is 2.08. The summed E-state index contributed by atoms with van der Waals surface area (Å²) in [6, 6.07) is 8.58. The van der Waals surface area contributed by atoms with Gasteiger partial charge < -0.3 is 10.1 Å². The van der Waals surface area contributed by atoms with Crippen LogP contribution in [0.3, 0.4) is 0 Å². The van der Waals surface area contributed by atoms with Gasteiger partial charge in [-0.15, -0.1) is 0 Å². The van der Waals surface area contributed by atoms with Crippen LogP contribution in [0.25, 0.3) is 0 Å². The van der Waals surface area contributed by atoms with Gasteiger partial charge in [0.25, 0.3) is 5.91 Å². The number of rotatable bonds is 5. The van der Waals surface area contributed by atoms with Crippen molar-refractivity contribution in [3.05, 3.63) is 35.7 Å². The lowest BCUT2D eigenvalue weighted by atomic mass is 10.2. The molecular formula is C14H14N4O3. The van der Waals surface area contributed by atoms with E-state index in [-0.39, 0.29) is 24.5 Å². The Labute approximate surface area is 121 Å². The van der Waals surface area contributed by atoms with Gasteiger partial charge in [0, 0.05) is 11.6 Å². The lowest BCUT2D eigenvalue weighted by molar-refractivity contribution is -0.118. The van der Waals surface area contributed by atoms with Crippen LogP contribution in [-0.4, -0.2) is 22.7 Å². The molecule has 1 amide bonds. The summed E-state index contributed by atoms with van der Waals surface area (Å²) < 4.78 is 9.97. The minimum Gasteiger partial charge on any atom is -0.439 e. The smallest absolute Gasteiger partial charge is 0.417 e. The lowest BCUT2D eigenvalue weighted by Gasteiger charge is -2.04. The Hall–Kier alpha value is -2.88. The number of carbonyl (C=O) groups is 1. The summed E-state index contributed by atoms with van der Waals surface area (Å²) in [4.78, 5) is 15.7. The molecule has 7 heteroatoms. The van der Waals surface area contributed by atoms with Crippen LogP contribution in [0.1, 0.15) is 31.2 Å². The van der Waals surface area contributed by atoms with E-state index in [0.717, 1.165) is 0 Å². The summed E-state index contributed by atoms with van der Waals surface area (Å²) in [6.45, 7) is 3.59. The molecule has 108 valence electrons. The van der Waals surface area contributed by atoms with Crippen molar-refractivity contribution >= 4 is 11.6 Å². The number of aromatic nitrogens is 2. The molecule has 0 atom stereocenters. The maximum atomic E-state index is 11.7. The number of carbonyl (C=O) groups excluding carboxylic acids is 1. The van der Waals surface area contributed by atoms with Gasteiger partial charge >= 0.3 is 6.08 Å². The molecule has 2 aromatic rings. The maximum Gasteiger partial charge on any atom is 0.417 e. The number of ether oxygens (including phenoxy) is 1. The van der Waals surface area contributed by atoms with E-state index in [9.17, 15) is 4.79 Å². The summed E-state index contributed by atoms with van der Waals surface area (Å²) in [5.74, 6) is 0.259. The minimum absolute atomic E-state index is 0.0420. The topological polar surface area (TPSA) is 101 Å². The van der Waals surface area contributed by atoms with Crippen molar-refractivity contribution in [1.82, 2.24) is 10.1 Å². The van der Waals surface area contributed by atoms with Crippen LogP contribution in [-0.2, 0) is 4.79 Å². The third kappa shape index (κ3) is 4.04. The van der Waals surface area contributed by atoms with Crippen molar-refractivity contribution in [2.24, 2.45) is 0 Å². The standard InChI is InChI=1S/C14H14N4O3/c1-9(2)13-17-14(21-18-13)20-8-12(19)16-11-5-3-4-10(6-11)7-15/h3-6,9H,8H2,1-2H3,(H,16,19). The highest BCUT2D eigenvalue weighted by Crippen LogP contribution is 2.14. The molecule has 0 fully saturated rings. The monoisotopic (exact) mass is 286 g/mol. The van der Waals surface area contributed by atoms with Crippen molar-refractivity contribution < 1.29 is 14.1 Å². The summed E-state index contributed by atoms with van der Waals surface area (Å²) in [6.07, 6.45) is -0.0420. The second-order valence-electron chi connectivity index (χ2n) is 4.60. The molecule has 0 aliphatic heterocycles. The van der Waals surface area contributed by atoms with E-state index in [0.29, 0.717) is 17.1 Å². The Morgan fingerprint density at radius 3 is 3.00 bits per heavy atom. The average Bonchev–Trinajstić information content (AvgIpc) is 2.94. The van der Waals surface area contributed by atoms with E-state index in [1.807, 2.05) is 19.9 Å². The Balaban J connectivity index is 1.88. The first-order valence-electron chi connectivity index (χ1n) is 6.35. The predicted molar refractivity (Wildman–Crippen MR) is 73.7 cm³/mol. The molecule has 1 N–H and O–H groups in total. The molecule has 1 heterocycles. The zero-order valence-electron chi connectivity index (χ0n) is 11.7. The fourth-order valence-electron chi connectivity index (χ4n) is 1.50. The molecule has 0 saturated heterocycles. The molecule has 0 aliphatic carbocycles. The van der Waals surface area contributed by atoms with Gasteiger partial charge in [0.2, 0.25) is 0 Å². The zero-order chi connectivity index (χ0) is 15.2. The minimum atomic E-state index is -0.380. The van der Waals surface area contributed by atoms with E-state index in [2.05, 4.69) is 15.5 Å². The van der Waals surface area contributed by atoms with Gasteiger partial charge in [-0.1, -0.05) is 25.1 Å². The van der Waals surface area contributed by atoms with Crippen molar-refractivity contribution in [3.8, 4) is 12.1 Å². The van der Waals surface area contributed by atoms with Crippen molar-refractivity contribution in [1.29, 1.82) is 5.26 Å². The molecular weight excluding hydrogens is 272 g/mol. The molecule has 0 bridgehead atoms. The van der Waals surface area contributed by atoms with Crippen LogP contribution >= 0.6 is 0 Å². The Morgan fingerprint density at radius 1 is 1.52 bits per heavy atom. The number of hydrogen-bond acceptors (Lipinski definition) is 6. The third-order valence-corrected chi connectivity index (χ3v) is 2.54. The lowest BCUT2D eigenvalue weighted by Crippen LogP contribution is -2.20. The molecule has 0 aliphatic rings. The second-order valence-corrected chi connectivity index (χ2v) is 4.60. The first-order chi connectivity index (χ1) is 10.1. The average molecular weight is 286 g/mol. The largest absolute Gasteiger partial charge is 0.439 e. The maximum absolute atomic E-state index is 11.7. The highest BCUT2D eigenvalue weighted by atomic mass is 16.6. The van der Waals surface area contributed by atoms with Gasteiger partial charge in [-0.2, -0.15) is 10.2 Å². The van der Waals surface area contributed by atoms with Gasteiger partial charge in [-0.3, -0.25) is 9.32 Å². The first-order valence-corrected chi connectivity index (χ1v) is 6.35. The molecule has 0 unspecified atom stereocenters. The Kier molecular flexibility index (Phi) is 4.51. The van der Waals surface area contributed by atoms with Crippen LogP contribution < -0.4 is 10.1 Å². The molecule has 21 heavy (non-hydrogen) atoms. The number of nitrogens with zero attached hydrogens (tertiary/aromatic N) is 3. The SMILES string of the molecule is CC(C)c1noc(OCC(=O)Nc2cccc(C#N)c2)n1. The molecule has 0 spiro atoms. The van der Waals surface area contributed by atoms with Gasteiger partial charge in [0.15, 0.2) is 12.4 Å². The van der Waals surface area contributed by atoms with Crippen LogP contribution in [0.4, 0.5) is 5.69 Å². The molecule has 2 rings (SSSR count). The molecule has 1 aromatic carbocycles. The number of anilines is 1. The van der Waals surface area contributed by atoms with Crippen molar-refractivity contribution in [2.75, 3.05) is 11.9 Å². The van der Waals surface area contributed by atoms with Gasteiger partial charge in [-0.25, -0.2) is 0 Å². The van der Waals surface area contributed by atoms with E-state index < -0.39 is 0 Å². The molecule has 1 aromatic heterocycles. The highest BCUT2D eigenvalue weighted by molar-refractivity contribution is 5.91. The zero-order valence-corrected chi connectivity index (χ0v) is 11.7. The fourth-order valence-corrected chi connectivity index (χ4v) is 1.50. The number of nitrogens with one attached hydrogen (secondary N) is 1. The quantitative estimate of drug-likeness (QED) is 0.903. The second kappa shape index (κ2) is 6.52. The highest BCUT2D eigenvalue weighted by Gasteiger charge is 2.12. The number of hydrogen-bond donors (Lipinski definition) is 1. The Bertz CT molecular complexity index is 673. The van der Waals surface area contributed by atoms with Crippen LogP contribution in [0, 0.1) is 11.3 Å². The number of amides is 1. The van der Waals surface area contributed by atoms with Gasteiger partial charge in [0.1, 0.15) is 0 Å². The van der Waals surface area contributed by atoms with E-state index in [4.69, 9.17) is 14.5 Å². The summed E-state index contributed by atoms with van der Waals surface area (Å²) in [5, 5.41) is 15.1. The normalized spacial score (nSPS) is 10.2. The van der Waals surface area contributed by atoms with E-state index in [1.165, 1.54) is 0 Å². The van der Waals surface area contributed by atoms with E-state index >= 15 is 0 Å². The number of nitriles is 1. The summed E-state index contributed by atoms with van der Waals surface area (Å²) >= 11 is 0. The van der Waals surface area contributed by atoms with Crippen molar-refractivity contribution in [2.45, 2.75) is 19.8 Å². The molecule has 7 nitrogen and oxygen atoms in total. The van der Waals surface area contributed by atoms with Crippen molar-refractivity contribution in [3.63, 3.8) is 0 Å². The van der Waals surface area contributed by atoms with Gasteiger partial charge in [0.05, 0.1) is 11.6 Å². The Morgan fingerprint density at radius 2 is 2.33 bits per heavy atom. The van der Waals surface area contributed by atoms with Crippen LogP contribution in [0.5, 0.6) is 6.08 Å². The third-order valence-electron chi connectivity index (χ3n) is 2.54. The summed E-state index contributed by atoms with van der Waals surface area (Å²) in [7, 11) is 0. The molecule has 0 saturated carbocycles. The first kappa shape index (κ1) is 14.5. The fraction of sp³-hybridized carbons (Fsp3) is 0.286. The summed E-state index contributed by atoms with van der Waals surface area (Å²) in [5.41, 5.74) is 0.989.